The van der Waals surface area contributed by atoms with E-state index in [-0.39, 0.29) is 11.4 Å². The molecule has 6 heteroatoms. The van der Waals surface area contributed by atoms with Crippen molar-refractivity contribution >= 4 is 10.0 Å². The van der Waals surface area contributed by atoms with Crippen molar-refractivity contribution in [3.63, 3.8) is 0 Å². The van der Waals surface area contributed by atoms with E-state index in [0.29, 0.717) is 23.9 Å². The minimum Gasteiger partial charge on any atom is -0.326 e. The molecule has 1 aromatic carbocycles. The first-order valence-electron chi connectivity index (χ1n) is 6.31. The standard InChI is InChI=1S/C13H19FN2O2S/c1-9-5-11(9)8-16(2)19(17,18)13-6-10(7-15)3-4-12(13)14/h3-4,6,9,11H,5,7-8,15H2,1-2H3. The average Bonchev–Trinajstić information content (AvgIpc) is 3.05. The SMILES string of the molecule is CC1CC1CN(C)S(=O)(=O)c1cc(CN)ccc1F. The highest BCUT2D eigenvalue weighted by Crippen LogP contribution is 2.38. The molecule has 2 atom stereocenters. The molecular formula is C13H19FN2O2S. The van der Waals surface area contributed by atoms with E-state index in [1.165, 1.54) is 23.5 Å². The van der Waals surface area contributed by atoms with Gasteiger partial charge < -0.3 is 5.73 Å². The summed E-state index contributed by atoms with van der Waals surface area (Å²) in [5, 5.41) is 0. The van der Waals surface area contributed by atoms with Gasteiger partial charge in [0.2, 0.25) is 10.0 Å². The summed E-state index contributed by atoms with van der Waals surface area (Å²) in [4.78, 5) is -0.286. The highest BCUT2D eigenvalue weighted by molar-refractivity contribution is 7.89. The number of hydrogen-bond acceptors (Lipinski definition) is 3. The topological polar surface area (TPSA) is 63.4 Å². The van der Waals surface area contributed by atoms with Crippen LogP contribution >= 0.6 is 0 Å². The molecule has 0 spiro atoms. The molecule has 2 unspecified atom stereocenters. The number of nitrogens with zero attached hydrogens (tertiary/aromatic N) is 1. The molecule has 4 nitrogen and oxygen atoms in total. The molecule has 1 aromatic rings. The molecule has 19 heavy (non-hydrogen) atoms. The fourth-order valence-corrected chi connectivity index (χ4v) is 3.46. The first-order chi connectivity index (χ1) is 8.86. The van der Waals surface area contributed by atoms with Crippen LogP contribution in [-0.4, -0.2) is 26.3 Å². The van der Waals surface area contributed by atoms with Crippen molar-refractivity contribution in [1.29, 1.82) is 0 Å². The number of halogens is 1. The molecule has 0 bridgehead atoms. The Balaban J connectivity index is 2.27. The molecule has 1 aliphatic rings. The monoisotopic (exact) mass is 286 g/mol. The second-order valence-corrected chi connectivity index (χ2v) is 7.24. The van der Waals surface area contributed by atoms with Crippen molar-refractivity contribution < 1.29 is 12.8 Å². The van der Waals surface area contributed by atoms with Gasteiger partial charge in [0.1, 0.15) is 10.7 Å². The summed E-state index contributed by atoms with van der Waals surface area (Å²) in [5.41, 5.74) is 6.07. The molecule has 0 amide bonds. The van der Waals surface area contributed by atoms with Gasteiger partial charge in [-0.25, -0.2) is 17.1 Å². The highest BCUT2D eigenvalue weighted by atomic mass is 32.2. The lowest BCUT2D eigenvalue weighted by Crippen LogP contribution is -2.30. The van der Waals surface area contributed by atoms with Gasteiger partial charge in [-0.2, -0.15) is 0 Å². The maximum atomic E-state index is 13.7. The first-order valence-corrected chi connectivity index (χ1v) is 7.75. The van der Waals surface area contributed by atoms with Crippen molar-refractivity contribution in [1.82, 2.24) is 4.31 Å². The maximum absolute atomic E-state index is 13.7. The van der Waals surface area contributed by atoms with Gasteiger partial charge >= 0.3 is 0 Å². The maximum Gasteiger partial charge on any atom is 0.245 e. The Kier molecular flexibility index (Phi) is 3.94. The number of hydrogen-bond donors (Lipinski definition) is 1. The smallest absolute Gasteiger partial charge is 0.245 e. The number of sulfonamides is 1. The summed E-state index contributed by atoms with van der Waals surface area (Å²) in [6, 6.07) is 3.97. The summed E-state index contributed by atoms with van der Waals surface area (Å²) in [5.74, 6) is 0.214. The van der Waals surface area contributed by atoms with Gasteiger partial charge in [0.05, 0.1) is 0 Å². The van der Waals surface area contributed by atoms with E-state index in [0.717, 1.165) is 12.5 Å². The lowest BCUT2D eigenvalue weighted by molar-refractivity contribution is 0.440. The van der Waals surface area contributed by atoms with E-state index in [1.807, 2.05) is 0 Å². The van der Waals surface area contributed by atoms with E-state index in [1.54, 1.807) is 0 Å². The average molecular weight is 286 g/mol. The molecule has 1 aliphatic carbocycles. The molecule has 1 saturated carbocycles. The molecule has 2 N–H and O–H groups in total. The molecule has 0 aromatic heterocycles. The molecule has 0 radical (unpaired) electrons. The lowest BCUT2D eigenvalue weighted by atomic mass is 10.2. The van der Waals surface area contributed by atoms with Crippen LogP contribution in [0.2, 0.25) is 0 Å². The van der Waals surface area contributed by atoms with Gasteiger partial charge in [-0.3, -0.25) is 0 Å². The fraction of sp³-hybridized carbons (Fsp3) is 0.538. The summed E-state index contributed by atoms with van der Waals surface area (Å²) in [6.07, 6.45) is 1.03. The zero-order valence-corrected chi connectivity index (χ0v) is 12.0. The summed E-state index contributed by atoms with van der Waals surface area (Å²) < 4.78 is 39.7. The molecule has 2 rings (SSSR count). The quantitative estimate of drug-likeness (QED) is 0.893. The minimum absolute atomic E-state index is 0.187. The van der Waals surface area contributed by atoms with Crippen LogP contribution in [0.25, 0.3) is 0 Å². The Labute approximate surface area is 113 Å². The van der Waals surface area contributed by atoms with Gasteiger partial charge in [0, 0.05) is 20.1 Å². The third kappa shape index (κ3) is 2.96. The molecule has 0 aliphatic heterocycles. The molecule has 0 saturated heterocycles. The highest BCUT2D eigenvalue weighted by Gasteiger charge is 2.36. The van der Waals surface area contributed by atoms with E-state index in [4.69, 9.17) is 5.73 Å². The van der Waals surface area contributed by atoms with Crippen LogP contribution in [0.15, 0.2) is 23.1 Å². The second kappa shape index (κ2) is 5.19. The van der Waals surface area contributed by atoms with Gasteiger partial charge in [-0.15, -0.1) is 0 Å². The molecule has 1 fully saturated rings. The van der Waals surface area contributed by atoms with Gasteiger partial charge in [-0.1, -0.05) is 13.0 Å². The predicted octanol–water partition coefficient (Wildman–Crippen LogP) is 1.56. The Hall–Kier alpha value is -0.980. The third-order valence-electron chi connectivity index (χ3n) is 3.69. The first kappa shape index (κ1) is 14.4. The molecule has 106 valence electrons. The van der Waals surface area contributed by atoms with Gasteiger partial charge in [0.15, 0.2) is 0 Å². The van der Waals surface area contributed by atoms with Gasteiger partial charge in [0.25, 0.3) is 0 Å². The third-order valence-corrected chi connectivity index (χ3v) is 5.53. The summed E-state index contributed by atoms with van der Waals surface area (Å²) in [6.45, 7) is 2.71. The van der Waals surface area contributed by atoms with E-state index >= 15 is 0 Å². The van der Waals surface area contributed by atoms with Crippen LogP contribution in [0.3, 0.4) is 0 Å². The lowest BCUT2D eigenvalue weighted by Gasteiger charge is -2.18. The van der Waals surface area contributed by atoms with E-state index in [9.17, 15) is 12.8 Å². The van der Waals surface area contributed by atoms with Crippen molar-refractivity contribution in [2.24, 2.45) is 17.6 Å². The van der Waals surface area contributed by atoms with Crippen molar-refractivity contribution in [2.45, 2.75) is 24.8 Å². The Morgan fingerprint density at radius 3 is 2.63 bits per heavy atom. The van der Waals surface area contributed by atoms with E-state index in [2.05, 4.69) is 6.92 Å². The van der Waals surface area contributed by atoms with E-state index < -0.39 is 15.8 Å². The van der Waals surface area contributed by atoms with Crippen LogP contribution in [0.5, 0.6) is 0 Å². The minimum atomic E-state index is -3.78. The second-order valence-electron chi connectivity index (χ2n) is 5.23. The van der Waals surface area contributed by atoms with Crippen LogP contribution in [0.4, 0.5) is 4.39 Å². The number of benzene rings is 1. The van der Waals surface area contributed by atoms with Crippen LogP contribution < -0.4 is 5.73 Å². The van der Waals surface area contributed by atoms with Gasteiger partial charge in [-0.05, 0) is 36.0 Å². The summed E-state index contributed by atoms with van der Waals surface area (Å²) >= 11 is 0. The number of nitrogens with two attached hydrogens (primary N) is 1. The Morgan fingerprint density at radius 2 is 2.11 bits per heavy atom. The fourth-order valence-electron chi connectivity index (χ4n) is 2.12. The normalized spacial score (nSPS) is 22.8. The van der Waals surface area contributed by atoms with Crippen molar-refractivity contribution in [3.8, 4) is 0 Å². The Morgan fingerprint density at radius 1 is 1.47 bits per heavy atom. The van der Waals surface area contributed by atoms with Crippen LogP contribution in [0.1, 0.15) is 18.9 Å². The number of rotatable bonds is 5. The largest absolute Gasteiger partial charge is 0.326 e. The summed E-state index contributed by atoms with van der Waals surface area (Å²) in [7, 11) is -2.28. The predicted molar refractivity (Wildman–Crippen MR) is 71.4 cm³/mol. The molecular weight excluding hydrogens is 267 g/mol. The van der Waals surface area contributed by atoms with Crippen molar-refractivity contribution in [2.75, 3.05) is 13.6 Å². The zero-order valence-electron chi connectivity index (χ0n) is 11.1. The van der Waals surface area contributed by atoms with Crippen molar-refractivity contribution in [3.05, 3.63) is 29.6 Å². The zero-order chi connectivity index (χ0) is 14.2. The van der Waals surface area contributed by atoms with Crippen LogP contribution in [-0.2, 0) is 16.6 Å². The molecule has 0 heterocycles. The van der Waals surface area contributed by atoms with Crippen LogP contribution in [0, 0.1) is 17.7 Å². The Bertz CT molecular complexity index is 574.